The van der Waals surface area contributed by atoms with Crippen LogP contribution in [0, 0.1) is 0 Å². The minimum Gasteiger partial charge on any atom is -0.492 e. The van der Waals surface area contributed by atoms with Gasteiger partial charge in [0, 0.05) is 17.1 Å². The van der Waals surface area contributed by atoms with Crippen molar-refractivity contribution < 1.29 is 35.8 Å². The summed E-state index contributed by atoms with van der Waals surface area (Å²) in [6.07, 6.45) is -9.63. The van der Waals surface area contributed by atoms with Gasteiger partial charge in [-0.1, -0.05) is 15.9 Å². The molecule has 0 amide bonds. The minimum absolute atomic E-state index is 0.00486. The quantitative estimate of drug-likeness (QED) is 0.610. The monoisotopic (exact) mass is 353 g/mol. The summed E-state index contributed by atoms with van der Waals surface area (Å²) in [4.78, 5) is 2.95. The summed E-state index contributed by atoms with van der Waals surface area (Å²) in [5.41, 5.74) is -1.80. The van der Waals surface area contributed by atoms with Crippen LogP contribution in [0.15, 0.2) is 6.20 Å². The van der Waals surface area contributed by atoms with Crippen molar-refractivity contribution in [2.24, 2.45) is 0 Å². The third-order valence-corrected chi connectivity index (χ3v) is 2.50. The first-order chi connectivity index (χ1) is 8.60. The average Bonchev–Trinajstić information content (AvgIpc) is 2.24. The van der Waals surface area contributed by atoms with Gasteiger partial charge in [-0.05, 0) is 0 Å². The molecule has 0 radical (unpaired) electrons. The van der Waals surface area contributed by atoms with Crippen LogP contribution < -0.4 is 9.47 Å². The Morgan fingerprint density at radius 2 is 1.74 bits per heavy atom. The van der Waals surface area contributed by atoms with Crippen LogP contribution in [0.4, 0.5) is 26.3 Å². The smallest absolute Gasteiger partial charge is 0.492 e. The van der Waals surface area contributed by atoms with Crippen molar-refractivity contribution in [3.05, 3.63) is 17.5 Å². The number of rotatable bonds is 3. The highest BCUT2D eigenvalue weighted by atomic mass is 79.9. The van der Waals surface area contributed by atoms with E-state index in [0.29, 0.717) is 0 Å². The number of hydrogen-bond donors (Lipinski definition) is 0. The minimum atomic E-state index is -5.29. The molecule has 0 fully saturated rings. The molecule has 1 heterocycles. The van der Waals surface area contributed by atoms with E-state index >= 15 is 0 Å². The number of methoxy groups -OCH3 is 1. The van der Waals surface area contributed by atoms with Crippen LogP contribution in [-0.4, -0.2) is 18.5 Å². The van der Waals surface area contributed by atoms with Gasteiger partial charge < -0.3 is 9.47 Å². The Morgan fingerprint density at radius 3 is 2.11 bits per heavy atom. The molecule has 0 spiro atoms. The van der Waals surface area contributed by atoms with Crippen LogP contribution >= 0.6 is 15.9 Å². The summed E-state index contributed by atoms with van der Waals surface area (Å²) in [6.45, 7) is 0. The highest BCUT2D eigenvalue weighted by molar-refractivity contribution is 9.08. The first-order valence-corrected chi connectivity index (χ1v) is 5.67. The summed E-state index contributed by atoms with van der Waals surface area (Å²) < 4.78 is 82.3. The number of ether oxygens (including phenoxy) is 2. The van der Waals surface area contributed by atoms with Crippen LogP contribution in [0.2, 0.25) is 0 Å². The predicted molar refractivity (Wildman–Crippen MR) is 55.1 cm³/mol. The summed E-state index contributed by atoms with van der Waals surface area (Å²) in [6, 6.07) is 0. The molecule has 0 bridgehead atoms. The van der Waals surface area contributed by atoms with Crippen LogP contribution in [0.25, 0.3) is 0 Å². The molecule has 0 unspecified atom stereocenters. The SMILES string of the molecule is COc1c(CBr)cnc(C(F)(F)F)c1OC(F)(F)F. The number of halogens is 7. The Hall–Kier alpha value is -1.19. The van der Waals surface area contributed by atoms with Gasteiger partial charge in [0.15, 0.2) is 11.4 Å². The summed E-state index contributed by atoms with van der Waals surface area (Å²) in [5.74, 6) is -2.17. The molecule has 1 aromatic rings. The molecule has 0 aliphatic carbocycles. The molecule has 0 aliphatic heterocycles. The average molecular weight is 354 g/mol. The first-order valence-electron chi connectivity index (χ1n) is 4.55. The van der Waals surface area contributed by atoms with E-state index in [9.17, 15) is 26.3 Å². The van der Waals surface area contributed by atoms with Crippen LogP contribution in [0.5, 0.6) is 11.5 Å². The van der Waals surface area contributed by atoms with Gasteiger partial charge in [-0.25, -0.2) is 4.98 Å². The molecule has 0 N–H and O–H groups in total. The van der Waals surface area contributed by atoms with Gasteiger partial charge in [-0.15, -0.1) is 13.2 Å². The van der Waals surface area contributed by atoms with Gasteiger partial charge in [0.2, 0.25) is 5.75 Å². The number of pyridine rings is 1. The zero-order valence-corrected chi connectivity index (χ0v) is 10.8. The summed E-state index contributed by atoms with van der Waals surface area (Å²) in [5, 5.41) is -0.0461. The molecule has 1 aromatic heterocycles. The van der Waals surface area contributed by atoms with Gasteiger partial charge in [-0.3, -0.25) is 0 Å². The Morgan fingerprint density at radius 1 is 1.16 bits per heavy atom. The fourth-order valence-corrected chi connectivity index (χ4v) is 1.64. The number of hydrogen-bond acceptors (Lipinski definition) is 3. The first kappa shape index (κ1) is 15.9. The molecule has 0 saturated carbocycles. The van der Waals surface area contributed by atoms with Crippen molar-refractivity contribution in [1.29, 1.82) is 0 Å². The predicted octanol–water partition coefficient (Wildman–Crippen LogP) is 3.90. The molecule has 108 valence electrons. The van der Waals surface area contributed by atoms with Gasteiger partial charge in [-0.2, -0.15) is 13.2 Å². The van der Waals surface area contributed by atoms with E-state index in [1.807, 2.05) is 0 Å². The number of alkyl halides is 7. The third-order valence-electron chi connectivity index (χ3n) is 1.90. The largest absolute Gasteiger partial charge is 0.573 e. The van der Waals surface area contributed by atoms with E-state index in [4.69, 9.17) is 0 Å². The molecule has 0 aromatic carbocycles. The van der Waals surface area contributed by atoms with Gasteiger partial charge in [0.25, 0.3) is 0 Å². The molecule has 0 atom stereocenters. The van der Waals surface area contributed by atoms with E-state index in [1.54, 1.807) is 0 Å². The maximum Gasteiger partial charge on any atom is 0.573 e. The second-order valence-electron chi connectivity index (χ2n) is 3.17. The van der Waals surface area contributed by atoms with Crippen LogP contribution in [0.1, 0.15) is 11.3 Å². The lowest BCUT2D eigenvalue weighted by atomic mass is 10.2. The van der Waals surface area contributed by atoms with E-state index in [0.717, 1.165) is 13.3 Å². The number of aromatic nitrogens is 1. The van der Waals surface area contributed by atoms with Gasteiger partial charge >= 0.3 is 12.5 Å². The summed E-state index contributed by atoms with van der Waals surface area (Å²) in [7, 11) is 0.935. The fourth-order valence-electron chi connectivity index (χ4n) is 1.24. The molecular formula is C9H6BrF6NO2. The third kappa shape index (κ3) is 3.88. The summed E-state index contributed by atoms with van der Waals surface area (Å²) >= 11 is 2.90. The standard InChI is InChI=1S/C9H6BrF6NO2/c1-18-5-4(2-10)3-17-7(8(11,12)13)6(5)19-9(14,15)16/h3H,2H2,1H3. The molecule has 1 rings (SSSR count). The van der Waals surface area contributed by atoms with Crippen molar-refractivity contribution in [3.8, 4) is 11.5 Å². The van der Waals surface area contributed by atoms with Crippen molar-refractivity contribution in [2.75, 3.05) is 7.11 Å². The Bertz CT molecular complexity index is 459. The zero-order chi connectivity index (χ0) is 14.8. The molecule has 0 saturated heterocycles. The normalized spacial score (nSPS) is 12.4. The molecule has 19 heavy (non-hydrogen) atoms. The van der Waals surface area contributed by atoms with Crippen LogP contribution in [-0.2, 0) is 11.5 Å². The fraction of sp³-hybridized carbons (Fsp3) is 0.444. The van der Waals surface area contributed by atoms with E-state index in [-0.39, 0.29) is 10.9 Å². The Labute approximate surface area is 111 Å². The van der Waals surface area contributed by atoms with Crippen molar-refractivity contribution in [1.82, 2.24) is 4.98 Å². The zero-order valence-electron chi connectivity index (χ0n) is 9.19. The lowest BCUT2D eigenvalue weighted by molar-refractivity contribution is -0.277. The topological polar surface area (TPSA) is 31.4 Å². The molecule has 3 nitrogen and oxygen atoms in total. The highest BCUT2D eigenvalue weighted by Crippen LogP contribution is 2.44. The molecule has 10 heteroatoms. The van der Waals surface area contributed by atoms with Gasteiger partial charge in [0.05, 0.1) is 7.11 Å². The lowest BCUT2D eigenvalue weighted by Gasteiger charge is -2.18. The maximum absolute atomic E-state index is 12.6. The molecule has 0 aliphatic rings. The van der Waals surface area contributed by atoms with Crippen molar-refractivity contribution >= 4 is 15.9 Å². The van der Waals surface area contributed by atoms with Crippen LogP contribution in [0.3, 0.4) is 0 Å². The highest BCUT2D eigenvalue weighted by Gasteiger charge is 2.43. The Balaban J connectivity index is 3.49. The number of nitrogens with zero attached hydrogens (tertiary/aromatic N) is 1. The maximum atomic E-state index is 12.6. The van der Waals surface area contributed by atoms with Crippen molar-refractivity contribution in [3.63, 3.8) is 0 Å². The second-order valence-corrected chi connectivity index (χ2v) is 3.73. The Kier molecular flexibility index (Phi) is 4.54. The molecular weight excluding hydrogens is 348 g/mol. The lowest BCUT2D eigenvalue weighted by Crippen LogP contribution is -2.22. The van der Waals surface area contributed by atoms with Crippen molar-refractivity contribution in [2.45, 2.75) is 17.9 Å². The second kappa shape index (κ2) is 5.43. The van der Waals surface area contributed by atoms with E-state index < -0.39 is 29.7 Å². The van der Waals surface area contributed by atoms with E-state index in [1.165, 1.54) is 0 Å². The van der Waals surface area contributed by atoms with Gasteiger partial charge in [0.1, 0.15) is 0 Å². The van der Waals surface area contributed by atoms with E-state index in [2.05, 4.69) is 30.4 Å².